The molecule has 0 atom stereocenters. The Bertz CT molecular complexity index is 734. The third kappa shape index (κ3) is 6.57. The lowest BCUT2D eigenvalue weighted by atomic mass is 10.2. The van der Waals surface area contributed by atoms with Crippen molar-refractivity contribution in [3.8, 4) is 0 Å². The lowest BCUT2D eigenvalue weighted by Crippen LogP contribution is -2.47. The number of hydrogen-bond acceptors (Lipinski definition) is 4. The van der Waals surface area contributed by atoms with Gasteiger partial charge in [-0.3, -0.25) is 4.99 Å². The van der Waals surface area contributed by atoms with E-state index in [1.54, 1.807) is 23.5 Å². The molecule has 0 amide bonds. The zero-order valence-electron chi connectivity index (χ0n) is 17.4. The standard InChI is InChI=1S/C19H33N5O2S.HI/c1-5-6-11-23(4)19(20-2)21-16-17-9-7-8-10-18(17)27(25,26)24-14-12-22(3)13-15-24;/h7-10H,5-6,11-16H2,1-4H3,(H,20,21);1H. The Labute approximate surface area is 187 Å². The summed E-state index contributed by atoms with van der Waals surface area (Å²) in [5, 5.41) is 3.30. The molecule has 0 spiro atoms. The van der Waals surface area contributed by atoms with Gasteiger partial charge in [0.15, 0.2) is 5.96 Å². The number of nitrogens with one attached hydrogen (secondary N) is 1. The fourth-order valence-electron chi connectivity index (χ4n) is 3.13. The predicted molar refractivity (Wildman–Crippen MR) is 126 cm³/mol. The van der Waals surface area contributed by atoms with Gasteiger partial charge in [0.05, 0.1) is 4.90 Å². The smallest absolute Gasteiger partial charge is 0.243 e. The Morgan fingerprint density at radius 3 is 2.46 bits per heavy atom. The molecule has 0 radical (unpaired) electrons. The highest BCUT2D eigenvalue weighted by molar-refractivity contribution is 14.0. The molecule has 1 heterocycles. The summed E-state index contributed by atoms with van der Waals surface area (Å²) in [4.78, 5) is 8.91. The zero-order chi connectivity index (χ0) is 19.9. The second-order valence-electron chi connectivity index (χ2n) is 6.99. The van der Waals surface area contributed by atoms with E-state index in [2.05, 4.69) is 27.0 Å². The second kappa shape index (κ2) is 11.9. The third-order valence-electron chi connectivity index (χ3n) is 4.91. The first-order valence-electron chi connectivity index (χ1n) is 9.58. The minimum atomic E-state index is -3.49. The number of halogens is 1. The average Bonchev–Trinajstić information content (AvgIpc) is 2.67. The van der Waals surface area contributed by atoms with Crippen molar-refractivity contribution in [3.05, 3.63) is 29.8 Å². The number of aliphatic imine (C=N–C) groups is 1. The number of rotatable bonds is 7. The lowest BCUT2D eigenvalue weighted by Gasteiger charge is -2.32. The SMILES string of the molecule is CCCCN(C)C(=NC)NCc1ccccc1S(=O)(=O)N1CCN(C)CC1.I. The van der Waals surface area contributed by atoms with Crippen molar-refractivity contribution < 1.29 is 8.42 Å². The van der Waals surface area contributed by atoms with Crippen LogP contribution in [0.4, 0.5) is 0 Å². The van der Waals surface area contributed by atoms with Crippen LogP contribution in [0.2, 0.25) is 0 Å². The summed E-state index contributed by atoms with van der Waals surface area (Å²) in [5.74, 6) is 0.773. The topological polar surface area (TPSA) is 68.2 Å². The van der Waals surface area contributed by atoms with Gasteiger partial charge in [0, 0.05) is 53.4 Å². The molecule has 1 fully saturated rings. The molecule has 1 aromatic carbocycles. The zero-order valence-corrected chi connectivity index (χ0v) is 20.5. The average molecular weight is 523 g/mol. The molecule has 0 bridgehead atoms. The van der Waals surface area contributed by atoms with Gasteiger partial charge in [-0.15, -0.1) is 24.0 Å². The Morgan fingerprint density at radius 2 is 1.86 bits per heavy atom. The van der Waals surface area contributed by atoms with Gasteiger partial charge in [-0.2, -0.15) is 4.31 Å². The Hall–Kier alpha value is -0.910. The molecular formula is C19H34IN5O2S. The first kappa shape index (κ1) is 25.1. The third-order valence-corrected chi connectivity index (χ3v) is 6.91. The van der Waals surface area contributed by atoms with Gasteiger partial charge >= 0.3 is 0 Å². The summed E-state index contributed by atoms with van der Waals surface area (Å²) in [7, 11) is 2.27. The molecular weight excluding hydrogens is 489 g/mol. The summed E-state index contributed by atoms with van der Waals surface area (Å²) in [5.41, 5.74) is 0.765. The maximum absolute atomic E-state index is 13.1. The molecule has 0 unspecified atom stereocenters. The maximum atomic E-state index is 13.1. The van der Waals surface area contributed by atoms with Crippen LogP contribution in [-0.4, -0.2) is 82.3 Å². The van der Waals surface area contributed by atoms with Crippen LogP contribution in [0.5, 0.6) is 0 Å². The molecule has 1 saturated heterocycles. The van der Waals surface area contributed by atoms with Crippen LogP contribution in [0.3, 0.4) is 0 Å². The van der Waals surface area contributed by atoms with Gasteiger partial charge in [0.1, 0.15) is 0 Å². The molecule has 160 valence electrons. The van der Waals surface area contributed by atoms with Crippen molar-refractivity contribution in [2.24, 2.45) is 4.99 Å². The molecule has 28 heavy (non-hydrogen) atoms. The monoisotopic (exact) mass is 523 g/mol. The van der Waals surface area contributed by atoms with E-state index < -0.39 is 10.0 Å². The lowest BCUT2D eigenvalue weighted by molar-refractivity contribution is 0.222. The van der Waals surface area contributed by atoms with Gasteiger partial charge < -0.3 is 15.1 Å². The van der Waals surface area contributed by atoms with E-state index >= 15 is 0 Å². The molecule has 9 heteroatoms. The highest BCUT2D eigenvalue weighted by Crippen LogP contribution is 2.21. The fraction of sp³-hybridized carbons (Fsp3) is 0.632. The van der Waals surface area contributed by atoms with E-state index in [0.717, 1.165) is 44.0 Å². The quantitative estimate of drug-likeness (QED) is 0.337. The number of unbranched alkanes of at least 4 members (excludes halogenated alkanes) is 1. The van der Waals surface area contributed by atoms with E-state index in [0.29, 0.717) is 24.5 Å². The minimum absolute atomic E-state index is 0. The molecule has 1 N–H and O–H groups in total. The van der Waals surface area contributed by atoms with Crippen LogP contribution in [0.25, 0.3) is 0 Å². The maximum Gasteiger partial charge on any atom is 0.243 e. The molecule has 1 aromatic rings. The predicted octanol–water partition coefficient (Wildman–Crippen LogP) is 2.05. The van der Waals surface area contributed by atoms with E-state index in [9.17, 15) is 8.42 Å². The molecule has 2 rings (SSSR count). The van der Waals surface area contributed by atoms with Crippen molar-refractivity contribution >= 4 is 40.0 Å². The molecule has 1 aliphatic rings. The van der Waals surface area contributed by atoms with Crippen LogP contribution in [0.15, 0.2) is 34.2 Å². The van der Waals surface area contributed by atoms with Crippen LogP contribution < -0.4 is 5.32 Å². The van der Waals surface area contributed by atoms with Crippen molar-refractivity contribution in [3.63, 3.8) is 0 Å². The summed E-state index contributed by atoms with van der Waals surface area (Å²) < 4.78 is 27.9. The summed E-state index contributed by atoms with van der Waals surface area (Å²) in [6.07, 6.45) is 2.21. The van der Waals surface area contributed by atoms with Gasteiger partial charge in [-0.05, 0) is 25.1 Å². The molecule has 7 nitrogen and oxygen atoms in total. The van der Waals surface area contributed by atoms with E-state index in [1.807, 2.05) is 26.2 Å². The number of hydrogen-bond donors (Lipinski definition) is 1. The Balaban J connectivity index is 0.00000392. The Morgan fingerprint density at radius 1 is 1.21 bits per heavy atom. The van der Waals surface area contributed by atoms with Gasteiger partial charge in [0.25, 0.3) is 0 Å². The van der Waals surface area contributed by atoms with Crippen LogP contribution in [0.1, 0.15) is 25.3 Å². The van der Waals surface area contributed by atoms with Gasteiger partial charge in [-0.25, -0.2) is 8.42 Å². The van der Waals surface area contributed by atoms with Crippen molar-refractivity contribution in [2.45, 2.75) is 31.2 Å². The molecule has 0 saturated carbocycles. The number of sulfonamides is 1. The normalized spacial score (nSPS) is 16.5. The van der Waals surface area contributed by atoms with Crippen LogP contribution in [-0.2, 0) is 16.6 Å². The van der Waals surface area contributed by atoms with Crippen LogP contribution >= 0.6 is 24.0 Å². The van der Waals surface area contributed by atoms with Crippen molar-refractivity contribution in [1.82, 2.24) is 19.4 Å². The van der Waals surface area contributed by atoms with Gasteiger partial charge in [-0.1, -0.05) is 31.5 Å². The first-order chi connectivity index (χ1) is 12.9. The van der Waals surface area contributed by atoms with Crippen molar-refractivity contribution in [2.75, 3.05) is 53.9 Å². The minimum Gasteiger partial charge on any atom is -0.352 e. The largest absolute Gasteiger partial charge is 0.352 e. The van der Waals surface area contributed by atoms with Crippen LogP contribution in [0, 0.1) is 0 Å². The number of guanidine groups is 1. The fourth-order valence-corrected chi connectivity index (χ4v) is 4.77. The van der Waals surface area contributed by atoms with E-state index in [1.165, 1.54) is 0 Å². The first-order valence-corrected chi connectivity index (χ1v) is 11.0. The van der Waals surface area contributed by atoms with Gasteiger partial charge in [0.2, 0.25) is 10.0 Å². The van der Waals surface area contributed by atoms with Crippen molar-refractivity contribution in [1.29, 1.82) is 0 Å². The number of benzene rings is 1. The second-order valence-corrected chi connectivity index (χ2v) is 8.90. The number of piperazine rings is 1. The number of likely N-dealkylation sites (N-methyl/N-ethyl adjacent to an activating group) is 1. The number of nitrogens with zero attached hydrogens (tertiary/aromatic N) is 4. The highest BCUT2D eigenvalue weighted by atomic mass is 127. The summed E-state index contributed by atoms with van der Waals surface area (Å²) in [6, 6.07) is 7.24. The summed E-state index contributed by atoms with van der Waals surface area (Å²) in [6.45, 7) is 6.07. The molecule has 0 aromatic heterocycles. The highest BCUT2D eigenvalue weighted by Gasteiger charge is 2.29. The van der Waals surface area contributed by atoms with E-state index in [4.69, 9.17) is 0 Å². The molecule has 0 aliphatic carbocycles. The Kier molecular flexibility index (Phi) is 10.7. The summed E-state index contributed by atoms with van der Waals surface area (Å²) >= 11 is 0. The van der Waals surface area contributed by atoms with E-state index in [-0.39, 0.29) is 24.0 Å². The molecule has 1 aliphatic heterocycles.